The van der Waals surface area contributed by atoms with Gasteiger partial charge in [-0.2, -0.15) is 16.8 Å². The molecule has 1 fully saturated rings. The van der Waals surface area contributed by atoms with Crippen LogP contribution < -0.4 is 9.70 Å². The van der Waals surface area contributed by atoms with Gasteiger partial charge in [-0.25, -0.2) is 0 Å². The third-order valence-electron chi connectivity index (χ3n) is 4.98. The van der Waals surface area contributed by atoms with Gasteiger partial charge in [0.2, 0.25) is 11.8 Å². The molecule has 8 heteroatoms. The molecule has 0 saturated carbocycles. The number of thioether (sulfide) groups is 1. The largest absolute Gasteiger partial charge is 0.316 e. The van der Waals surface area contributed by atoms with E-state index in [1.54, 1.807) is 36.0 Å². The minimum absolute atomic E-state index is 0.209. The molecule has 0 N–H and O–H groups in total. The van der Waals surface area contributed by atoms with E-state index in [0.717, 1.165) is 22.5 Å². The minimum Gasteiger partial charge on any atom is -0.316 e. The molecule has 0 unspecified atom stereocenters. The van der Waals surface area contributed by atoms with Crippen molar-refractivity contribution in [3.05, 3.63) is 58.4 Å². The molecule has 30 heavy (non-hydrogen) atoms. The first kappa shape index (κ1) is 20.6. The Balaban J connectivity index is 1.67. The molecule has 1 saturated heterocycles. The fourth-order valence-electron chi connectivity index (χ4n) is 3.43. The molecule has 3 aromatic rings. The number of amides is 3. The molecule has 1 aromatic heterocycles. The zero-order valence-electron chi connectivity index (χ0n) is 16.8. The second-order valence-electron chi connectivity index (χ2n) is 7.09. The number of aromatic nitrogens is 1. The standard InChI is InChI=1S/C22H21N3O3S2/c1-14-3-8-17-18(13-14)30-22(24(17)11-12-29-2)23-21(28)15-4-6-16(7-5-15)25-19(26)9-10-20(25)27/h3-8,13H,9-12H2,1-2H3. The third kappa shape index (κ3) is 3.97. The highest BCUT2D eigenvalue weighted by atomic mass is 32.2. The van der Waals surface area contributed by atoms with Gasteiger partial charge in [0.15, 0.2) is 4.80 Å². The van der Waals surface area contributed by atoms with Gasteiger partial charge in [0.25, 0.3) is 5.91 Å². The van der Waals surface area contributed by atoms with Crippen LogP contribution in [0.25, 0.3) is 10.2 Å². The van der Waals surface area contributed by atoms with E-state index in [2.05, 4.69) is 34.0 Å². The summed E-state index contributed by atoms with van der Waals surface area (Å²) in [4.78, 5) is 42.8. The van der Waals surface area contributed by atoms with Crippen molar-refractivity contribution < 1.29 is 14.4 Å². The summed E-state index contributed by atoms with van der Waals surface area (Å²) >= 11 is 3.25. The molecule has 2 aromatic carbocycles. The Labute approximate surface area is 182 Å². The quantitative estimate of drug-likeness (QED) is 0.568. The van der Waals surface area contributed by atoms with Gasteiger partial charge < -0.3 is 4.57 Å². The van der Waals surface area contributed by atoms with Crippen molar-refractivity contribution in [2.45, 2.75) is 26.3 Å². The SMILES string of the molecule is CSCCn1c(=NC(=O)c2ccc(N3C(=O)CCC3=O)cc2)sc2cc(C)ccc21. The van der Waals surface area contributed by atoms with E-state index in [0.29, 0.717) is 16.1 Å². The summed E-state index contributed by atoms with van der Waals surface area (Å²) in [6.07, 6.45) is 2.52. The number of thiazole rings is 1. The van der Waals surface area contributed by atoms with E-state index in [1.165, 1.54) is 21.8 Å². The number of hydrogen-bond donors (Lipinski definition) is 0. The van der Waals surface area contributed by atoms with E-state index >= 15 is 0 Å². The van der Waals surface area contributed by atoms with Crippen LogP contribution in [0.15, 0.2) is 47.5 Å². The van der Waals surface area contributed by atoms with Crippen LogP contribution in [0.2, 0.25) is 0 Å². The van der Waals surface area contributed by atoms with Crippen molar-refractivity contribution in [3.8, 4) is 0 Å². The molecule has 3 amide bonds. The van der Waals surface area contributed by atoms with Gasteiger partial charge in [-0.05, 0) is 55.1 Å². The molecule has 0 atom stereocenters. The Morgan fingerprint density at radius 1 is 1.10 bits per heavy atom. The highest BCUT2D eigenvalue weighted by molar-refractivity contribution is 7.98. The number of hydrogen-bond acceptors (Lipinski definition) is 5. The fourth-order valence-corrected chi connectivity index (χ4v) is 4.95. The number of carbonyl (C=O) groups excluding carboxylic acids is 3. The summed E-state index contributed by atoms with van der Waals surface area (Å²) in [7, 11) is 0. The highest BCUT2D eigenvalue weighted by Gasteiger charge is 2.30. The van der Waals surface area contributed by atoms with Crippen molar-refractivity contribution in [1.82, 2.24) is 4.57 Å². The molecule has 0 aliphatic carbocycles. The first-order valence-corrected chi connectivity index (χ1v) is 11.8. The Morgan fingerprint density at radius 2 is 1.80 bits per heavy atom. The lowest BCUT2D eigenvalue weighted by Crippen LogP contribution is -2.28. The van der Waals surface area contributed by atoms with Crippen LogP contribution in [0.1, 0.15) is 28.8 Å². The lowest BCUT2D eigenvalue weighted by atomic mass is 10.2. The monoisotopic (exact) mass is 439 g/mol. The molecule has 0 spiro atoms. The van der Waals surface area contributed by atoms with Gasteiger partial charge in [0, 0.05) is 30.7 Å². The molecule has 154 valence electrons. The summed E-state index contributed by atoms with van der Waals surface area (Å²) < 4.78 is 3.19. The van der Waals surface area contributed by atoms with Gasteiger partial charge in [0.05, 0.1) is 15.9 Å². The van der Waals surface area contributed by atoms with Crippen LogP contribution in [0, 0.1) is 6.92 Å². The summed E-state index contributed by atoms with van der Waals surface area (Å²) in [5, 5.41) is 0. The third-order valence-corrected chi connectivity index (χ3v) is 6.61. The number of anilines is 1. The van der Waals surface area contributed by atoms with Gasteiger partial charge in [-0.15, -0.1) is 0 Å². The summed E-state index contributed by atoms with van der Waals surface area (Å²) in [6.45, 7) is 2.82. The van der Waals surface area contributed by atoms with Crippen LogP contribution in [-0.2, 0) is 16.1 Å². The van der Waals surface area contributed by atoms with Crippen molar-refractivity contribution in [3.63, 3.8) is 0 Å². The lowest BCUT2D eigenvalue weighted by Gasteiger charge is -2.13. The molecule has 0 bridgehead atoms. The number of imide groups is 1. The average Bonchev–Trinajstić information content (AvgIpc) is 3.24. The Hall–Kier alpha value is -2.71. The van der Waals surface area contributed by atoms with Gasteiger partial charge in [0.1, 0.15) is 0 Å². The van der Waals surface area contributed by atoms with Crippen LogP contribution >= 0.6 is 23.1 Å². The molecule has 6 nitrogen and oxygen atoms in total. The second kappa shape index (κ2) is 8.57. The van der Waals surface area contributed by atoms with Crippen molar-refractivity contribution >= 4 is 56.7 Å². The van der Waals surface area contributed by atoms with E-state index in [-0.39, 0.29) is 30.6 Å². The smallest absolute Gasteiger partial charge is 0.279 e. The minimum atomic E-state index is -0.346. The normalized spacial score (nSPS) is 14.9. The number of rotatable bonds is 5. The maximum Gasteiger partial charge on any atom is 0.279 e. The molecule has 4 rings (SSSR count). The highest BCUT2D eigenvalue weighted by Crippen LogP contribution is 2.23. The van der Waals surface area contributed by atoms with E-state index in [4.69, 9.17) is 0 Å². The topological polar surface area (TPSA) is 71.7 Å². The first-order chi connectivity index (χ1) is 14.5. The van der Waals surface area contributed by atoms with Crippen LogP contribution in [0.3, 0.4) is 0 Å². The molecule has 2 heterocycles. The summed E-state index contributed by atoms with van der Waals surface area (Å²) in [5.41, 5.74) is 3.15. The number of fused-ring (bicyclic) bond motifs is 1. The Kier molecular flexibility index (Phi) is 5.87. The Bertz CT molecular complexity index is 1190. The summed E-state index contributed by atoms with van der Waals surface area (Å²) in [6, 6.07) is 12.7. The van der Waals surface area contributed by atoms with Crippen molar-refractivity contribution in [2.75, 3.05) is 16.9 Å². The fraction of sp³-hybridized carbons (Fsp3) is 0.273. The zero-order valence-corrected chi connectivity index (χ0v) is 18.4. The van der Waals surface area contributed by atoms with E-state index in [9.17, 15) is 14.4 Å². The van der Waals surface area contributed by atoms with Gasteiger partial charge in [-0.3, -0.25) is 19.3 Å². The zero-order chi connectivity index (χ0) is 21.3. The van der Waals surface area contributed by atoms with Gasteiger partial charge >= 0.3 is 0 Å². The van der Waals surface area contributed by atoms with Crippen LogP contribution in [0.4, 0.5) is 5.69 Å². The number of benzene rings is 2. The molecular weight excluding hydrogens is 418 g/mol. The first-order valence-electron chi connectivity index (χ1n) is 9.62. The molecule has 0 radical (unpaired) electrons. The van der Waals surface area contributed by atoms with Crippen molar-refractivity contribution in [1.29, 1.82) is 0 Å². The van der Waals surface area contributed by atoms with E-state index in [1.807, 2.05) is 6.92 Å². The molecule has 1 aliphatic heterocycles. The summed E-state index contributed by atoms with van der Waals surface area (Å²) in [5.74, 6) is 0.161. The van der Waals surface area contributed by atoms with Crippen LogP contribution in [-0.4, -0.2) is 34.3 Å². The number of nitrogens with zero attached hydrogens (tertiary/aromatic N) is 3. The van der Waals surface area contributed by atoms with Gasteiger partial charge in [-0.1, -0.05) is 17.4 Å². The number of carbonyl (C=O) groups is 3. The average molecular weight is 440 g/mol. The van der Waals surface area contributed by atoms with Crippen LogP contribution in [0.5, 0.6) is 0 Å². The predicted molar refractivity (Wildman–Crippen MR) is 121 cm³/mol. The maximum atomic E-state index is 12.8. The second-order valence-corrected chi connectivity index (χ2v) is 9.08. The Morgan fingerprint density at radius 3 is 2.47 bits per heavy atom. The number of aryl methyl sites for hydroxylation is 2. The molecule has 1 aliphatic rings. The predicted octanol–water partition coefficient (Wildman–Crippen LogP) is 3.77. The lowest BCUT2D eigenvalue weighted by molar-refractivity contribution is -0.121. The van der Waals surface area contributed by atoms with E-state index < -0.39 is 0 Å². The van der Waals surface area contributed by atoms with Crippen molar-refractivity contribution in [2.24, 2.45) is 4.99 Å². The maximum absolute atomic E-state index is 12.8. The molecular formula is C22H21N3O3S2.